The van der Waals surface area contributed by atoms with E-state index in [2.05, 4.69) is 15.0 Å². The summed E-state index contributed by atoms with van der Waals surface area (Å²) < 4.78 is 11.9. The minimum Gasteiger partial charge on any atom is -0.471 e. The number of hydrogen-bond acceptors (Lipinski definition) is 6. The first-order valence-corrected chi connectivity index (χ1v) is 8.09. The molecule has 3 atom stereocenters. The minimum absolute atomic E-state index is 0.00919. The van der Waals surface area contributed by atoms with Gasteiger partial charge >= 0.3 is 0 Å². The molecule has 0 N–H and O–H groups in total. The largest absolute Gasteiger partial charge is 0.471 e. The van der Waals surface area contributed by atoms with Crippen molar-refractivity contribution in [1.29, 1.82) is 0 Å². The number of amides is 1. The quantitative estimate of drug-likeness (QED) is 0.847. The van der Waals surface area contributed by atoms with E-state index in [-0.39, 0.29) is 24.2 Å². The molecule has 1 saturated heterocycles. The zero-order valence-corrected chi connectivity index (χ0v) is 13.1. The molecule has 0 spiro atoms. The Kier molecular flexibility index (Phi) is 4.08. The van der Waals surface area contributed by atoms with Crippen LogP contribution >= 0.6 is 0 Å². The van der Waals surface area contributed by atoms with Crippen LogP contribution in [0.2, 0.25) is 0 Å². The topological polar surface area (TPSA) is 77.4 Å². The minimum atomic E-state index is -0.133. The van der Waals surface area contributed by atoms with Crippen LogP contribution in [-0.2, 0) is 4.74 Å². The highest BCUT2D eigenvalue weighted by molar-refractivity contribution is 5.92. The van der Waals surface area contributed by atoms with Gasteiger partial charge in [0.15, 0.2) is 0 Å². The second-order valence-electron chi connectivity index (χ2n) is 5.90. The van der Waals surface area contributed by atoms with Crippen LogP contribution in [-0.4, -0.2) is 57.2 Å². The molecule has 2 aliphatic rings. The Bertz CT molecular complexity index is 697. The van der Waals surface area contributed by atoms with E-state index in [1.807, 2.05) is 23.1 Å². The molecule has 2 aromatic rings. The summed E-state index contributed by atoms with van der Waals surface area (Å²) in [5.41, 5.74) is 0.416. The predicted octanol–water partition coefficient (Wildman–Crippen LogP) is 1.32. The van der Waals surface area contributed by atoms with Crippen molar-refractivity contribution in [2.75, 3.05) is 13.2 Å². The van der Waals surface area contributed by atoms with Crippen LogP contribution < -0.4 is 4.74 Å². The Morgan fingerprint density at radius 3 is 2.96 bits per heavy atom. The molecule has 1 saturated carbocycles. The highest BCUT2D eigenvalue weighted by Crippen LogP contribution is 2.33. The van der Waals surface area contributed by atoms with Crippen LogP contribution in [0.4, 0.5) is 0 Å². The number of carbonyl (C=O) groups excluding carboxylic acids is 1. The molecule has 0 aromatic carbocycles. The Hall–Kier alpha value is -2.54. The van der Waals surface area contributed by atoms with Gasteiger partial charge in [0.2, 0.25) is 5.88 Å². The van der Waals surface area contributed by atoms with E-state index < -0.39 is 0 Å². The Labute approximate surface area is 139 Å². The lowest BCUT2D eigenvalue weighted by Gasteiger charge is -2.38. The van der Waals surface area contributed by atoms with Gasteiger partial charge in [-0.2, -0.15) is 0 Å². The zero-order valence-electron chi connectivity index (χ0n) is 13.1. The number of ether oxygens (including phenoxy) is 2. The van der Waals surface area contributed by atoms with E-state index in [1.165, 1.54) is 6.33 Å². The molecule has 2 aromatic heterocycles. The monoisotopic (exact) mass is 326 g/mol. The molecule has 124 valence electrons. The first-order valence-electron chi connectivity index (χ1n) is 8.09. The normalized spacial score (nSPS) is 26.0. The first kappa shape index (κ1) is 15.0. The van der Waals surface area contributed by atoms with Crippen LogP contribution in [0.5, 0.6) is 5.88 Å². The van der Waals surface area contributed by atoms with Crippen molar-refractivity contribution in [2.45, 2.75) is 31.1 Å². The van der Waals surface area contributed by atoms with Crippen molar-refractivity contribution in [3.63, 3.8) is 0 Å². The summed E-state index contributed by atoms with van der Waals surface area (Å²) in [6.07, 6.45) is 6.14. The molecular formula is C17H18N4O3. The lowest BCUT2D eigenvalue weighted by Crippen LogP contribution is -2.54. The van der Waals surface area contributed by atoms with Crippen molar-refractivity contribution in [3.05, 3.63) is 48.7 Å². The number of nitrogens with zero attached hydrogens (tertiary/aromatic N) is 4. The van der Waals surface area contributed by atoms with Crippen LogP contribution in [0, 0.1) is 0 Å². The number of rotatable bonds is 3. The molecule has 1 amide bonds. The van der Waals surface area contributed by atoms with Crippen LogP contribution in [0.15, 0.2) is 43.0 Å². The summed E-state index contributed by atoms with van der Waals surface area (Å²) in [5, 5.41) is 0. The second-order valence-corrected chi connectivity index (χ2v) is 5.90. The van der Waals surface area contributed by atoms with E-state index >= 15 is 0 Å². The number of morpholine rings is 1. The Morgan fingerprint density at radius 1 is 1.21 bits per heavy atom. The maximum atomic E-state index is 12.7. The van der Waals surface area contributed by atoms with Gasteiger partial charge < -0.3 is 14.4 Å². The van der Waals surface area contributed by atoms with Gasteiger partial charge in [0.1, 0.15) is 24.2 Å². The third-order valence-corrected chi connectivity index (χ3v) is 4.51. The Balaban J connectivity index is 1.49. The molecule has 7 nitrogen and oxygen atoms in total. The predicted molar refractivity (Wildman–Crippen MR) is 84.5 cm³/mol. The van der Waals surface area contributed by atoms with Crippen LogP contribution in [0.1, 0.15) is 23.3 Å². The molecule has 3 heterocycles. The molecular weight excluding hydrogens is 308 g/mol. The van der Waals surface area contributed by atoms with Crippen LogP contribution in [0.25, 0.3) is 0 Å². The Morgan fingerprint density at radius 2 is 2.17 bits per heavy atom. The summed E-state index contributed by atoms with van der Waals surface area (Å²) in [4.78, 5) is 26.7. The van der Waals surface area contributed by atoms with Gasteiger partial charge in [-0.25, -0.2) is 15.0 Å². The summed E-state index contributed by atoms with van der Waals surface area (Å²) in [6.45, 7) is 1.07. The zero-order chi connectivity index (χ0) is 16.4. The fourth-order valence-electron chi connectivity index (χ4n) is 3.43. The SMILES string of the molecule is O=C(c1ccncn1)N1CCO[C@@H]2[C@@H](Oc3ccccn3)CC[C@H]21. The van der Waals surface area contributed by atoms with E-state index in [1.54, 1.807) is 18.5 Å². The van der Waals surface area contributed by atoms with E-state index in [9.17, 15) is 4.79 Å². The highest BCUT2D eigenvalue weighted by Gasteiger charge is 2.46. The van der Waals surface area contributed by atoms with E-state index in [0.29, 0.717) is 24.7 Å². The van der Waals surface area contributed by atoms with Crippen molar-refractivity contribution in [1.82, 2.24) is 19.9 Å². The lowest BCUT2D eigenvalue weighted by atomic mass is 10.1. The molecule has 1 aliphatic carbocycles. The van der Waals surface area contributed by atoms with Gasteiger partial charge in [-0.15, -0.1) is 0 Å². The fourth-order valence-corrected chi connectivity index (χ4v) is 3.43. The maximum absolute atomic E-state index is 12.7. The van der Waals surface area contributed by atoms with Crippen LogP contribution in [0.3, 0.4) is 0 Å². The highest BCUT2D eigenvalue weighted by atomic mass is 16.5. The third kappa shape index (κ3) is 2.82. The van der Waals surface area contributed by atoms with Gasteiger partial charge in [0, 0.05) is 25.0 Å². The summed E-state index contributed by atoms with van der Waals surface area (Å²) in [7, 11) is 0. The maximum Gasteiger partial charge on any atom is 0.272 e. The molecule has 1 aliphatic heterocycles. The van der Waals surface area contributed by atoms with E-state index in [0.717, 1.165) is 12.8 Å². The first-order chi connectivity index (χ1) is 11.8. The smallest absolute Gasteiger partial charge is 0.272 e. The molecule has 0 unspecified atom stereocenters. The van der Waals surface area contributed by atoms with E-state index in [4.69, 9.17) is 9.47 Å². The molecule has 0 bridgehead atoms. The number of fused-ring (bicyclic) bond motifs is 1. The molecule has 24 heavy (non-hydrogen) atoms. The number of aromatic nitrogens is 3. The van der Waals surface area contributed by atoms with Gasteiger partial charge in [-0.3, -0.25) is 4.79 Å². The number of pyridine rings is 1. The van der Waals surface area contributed by atoms with Crippen molar-refractivity contribution < 1.29 is 14.3 Å². The third-order valence-electron chi connectivity index (χ3n) is 4.51. The van der Waals surface area contributed by atoms with Gasteiger partial charge in [-0.05, 0) is 25.0 Å². The molecule has 2 fully saturated rings. The fraction of sp³-hybridized carbons (Fsp3) is 0.412. The molecule has 7 heteroatoms. The molecule has 4 rings (SSSR count). The van der Waals surface area contributed by atoms with Crippen molar-refractivity contribution in [2.24, 2.45) is 0 Å². The van der Waals surface area contributed by atoms with Gasteiger partial charge in [0.05, 0.1) is 12.6 Å². The van der Waals surface area contributed by atoms with Crippen molar-refractivity contribution >= 4 is 5.91 Å². The summed E-state index contributed by atoms with van der Waals surface area (Å²) in [5.74, 6) is 0.514. The van der Waals surface area contributed by atoms with Crippen molar-refractivity contribution in [3.8, 4) is 5.88 Å². The summed E-state index contributed by atoms with van der Waals surface area (Å²) >= 11 is 0. The lowest BCUT2D eigenvalue weighted by molar-refractivity contribution is -0.0794. The van der Waals surface area contributed by atoms with Gasteiger partial charge in [-0.1, -0.05) is 6.07 Å². The summed E-state index contributed by atoms with van der Waals surface area (Å²) in [6, 6.07) is 7.23. The standard InChI is InChI=1S/C17H18N4O3/c22-17(12-6-8-18-11-20-12)21-9-10-23-16-13(21)4-5-14(16)24-15-3-1-2-7-19-15/h1-3,6-8,11,13-14,16H,4-5,9-10H2/t13-,14+,16+/m1/s1. The second kappa shape index (κ2) is 6.52. The average Bonchev–Trinajstić information content (AvgIpc) is 3.06. The number of carbonyl (C=O) groups is 1. The van der Waals surface area contributed by atoms with Gasteiger partial charge in [0.25, 0.3) is 5.91 Å². The molecule has 0 radical (unpaired) electrons. The average molecular weight is 326 g/mol. The number of hydrogen-bond donors (Lipinski definition) is 0.